The van der Waals surface area contributed by atoms with Crippen LogP contribution in [0.15, 0.2) is 42.5 Å². The molecule has 0 aliphatic carbocycles. The monoisotopic (exact) mass is 317 g/mol. The van der Waals surface area contributed by atoms with Crippen molar-refractivity contribution in [2.45, 2.75) is 6.36 Å². The fraction of sp³-hybridized carbons (Fsp3) is 0.0714. The van der Waals surface area contributed by atoms with E-state index in [0.29, 0.717) is 6.07 Å². The van der Waals surface area contributed by atoms with Crippen molar-refractivity contribution in [3.05, 3.63) is 59.7 Å². The Morgan fingerprint density at radius 3 is 2.18 bits per heavy atom. The molecular weight excluding hydrogens is 309 g/mol. The van der Waals surface area contributed by atoms with Gasteiger partial charge in [-0.1, -0.05) is 12.1 Å². The van der Waals surface area contributed by atoms with E-state index < -0.39 is 29.7 Å². The van der Waals surface area contributed by atoms with Crippen LogP contribution in [0.5, 0.6) is 5.75 Å². The summed E-state index contributed by atoms with van der Waals surface area (Å²) in [5.74, 6) is -3.58. The summed E-state index contributed by atoms with van der Waals surface area (Å²) in [6.07, 6.45) is -4.94. The largest absolute Gasteiger partial charge is 0.573 e. The molecule has 8 heteroatoms. The number of halogens is 5. The minimum atomic E-state index is -4.94. The van der Waals surface area contributed by atoms with Gasteiger partial charge in [0.05, 0.1) is 5.69 Å². The van der Waals surface area contributed by atoms with Crippen LogP contribution in [0.4, 0.5) is 27.6 Å². The van der Waals surface area contributed by atoms with Gasteiger partial charge in [-0.25, -0.2) is 8.78 Å². The average molecular weight is 317 g/mol. The SMILES string of the molecule is O=C(Nc1ccccc1OC(F)(F)F)c1cc(F)cc(F)c1. The Bertz CT molecular complexity index is 680. The number of anilines is 1. The van der Waals surface area contributed by atoms with E-state index in [-0.39, 0.29) is 11.3 Å². The third-order valence-corrected chi connectivity index (χ3v) is 2.49. The molecule has 1 amide bonds. The van der Waals surface area contributed by atoms with Crippen LogP contribution in [0.1, 0.15) is 10.4 Å². The second-order valence-electron chi connectivity index (χ2n) is 4.16. The predicted molar refractivity (Wildman–Crippen MR) is 67.4 cm³/mol. The Hall–Kier alpha value is -2.64. The molecule has 0 atom stereocenters. The summed E-state index contributed by atoms with van der Waals surface area (Å²) >= 11 is 0. The third kappa shape index (κ3) is 4.18. The van der Waals surface area contributed by atoms with Gasteiger partial charge in [0.2, 0.25) is 0 Å². The molecule has 0 unspecified atom stereocenters. The zero-order chi connectivity index (χ0) is 16.3. The molecule has 3 nitrogen and oxygen atoms in total. The highest BCUT2D eigenvalue weighted by atomic mass is 19.4. The zero-order valence-electron chi connectivity index (χ0n) is 10.7. The molecular formula is C14H8F5NO2. The number of hydrogen-bond acceptors (Lipinski definition) is 2. The summed E-state index contributed by atoms with van der Waals surface area (Å²) in [4.78, 5) is 11.9. The molecule has 2 rings (SSSR count). The highest BCUT2D eigenvalue weighted by Gasteiger charge is 2.32. The van der Waals surface area contributed by atoms with Crippen molar-refractivity contribution in [3.8, 4) is 5.75 Å². The number of benzene rings is 2. The second-order valence-corrected chi connectivity index (χ2v) is 4.16. The van der Waals surface area contributed by atoms with E-state index >= 15 is 0 Å². The van der Waals surface area contributed by atoms with E-state index in [1.54, 1.807) is 0 Å². The average Bonchev–Trinajstić information content (AvgIpc) is 2.38. The van der Waals surface area contributed by atoms with Gasteiger partial charge in [0.25, 0.3) is 5.91 Å². The molecule has 0 radical (unpaired) electrons. The quantitative estimate of drug-likeness (QED) is 0.865. The Balaban J connectivity index is 2.25. The lowest BCUT2D eigenvalue weighted by Crippen LogP contribution is -2.19. The van der Waals surface area contributed by atoms with Crippen molar-refractivity contribution in [1.29, 1.82) is 0 Å². The first kappa shape index (κ1) is 15.7. The molecule has 0 spiro atoms. The summed E-state index contributed by atoms with van der Waals surface area (Å²) in [7, 11) is 0. The Kier molecular flexibility index (Phi) is 4.30. The first-order valence-electron chi connectivity index (χ1n) is 5.87. The van der Waals surface area contributed by atoms with Gasteiger partial charge in [-0.05, 0) is 24.3 Å². The molecule has 0 aliphatic rings. The second kappa shape index (κ2) is 6.00. The van der Waals surface area contributed by atoms with Crippen molar-refractivity contribution < 1.29 is 31.5 Å². The smallest absolute Gasteiger partial charge is 0.404 e. The molecule has 116 valence electrons. The van der Waals surface area contributed by atoms with Gasteiger partial charge in [-0.3, -0.25) is 4.79 Å². The highest BCUT2D eigenvalue weighted by molar-refractivity contribution is 6.05. The van der Waals surface area contributed by atoms with Crippen molar-refractivity contribution >= 4 is 11.6 Å². The van der Waals surface area contributed by atoms with Gasteiger partial charge in [0.1, 0.15) is 11.6 Å². The summed E-state index contributed by atoms with van der Waals surface area (Å²) in [6, 6.07) is 6.88. The summed E-state index contributed by atoms with van der Waals surface area (Å²) in [6.45, 7) is 0. The molecule has 0 heterocycles. The number of ether oxygens (including phenoxy) is 1. The van der Waals surface area contributed by atoms with E-state index in [2.05, 4.69) is 10.1 Å². The number of carbonyl (C=O) groups is 1. The maximum atomic E-state index is 13.0. The molecule has 2 aromatic rings. The van der Waals surface area contributed by atoms with Crippen LogP contribution in [0.2, 0.25) is 0 Å². The van der Waals surface area contributed by atoms with Gasteiger partial charge in [-0.15, -0.1) is 13.2 Å². The van der Waals surface area contributed by atoms with Crippen LogP contribution >= 0.6 is 0 Å². The number of hydrogen-bond donors (Lipinski definition) is 1. The number of para-hydroxylation sites is 2. The number of nitrogens with one attached hydrogen (secondary N) is 1. The zero-order valence-corrected chi connectivity index (χ0v) is 10.7. The number of amides is 1. The standard InChI is InChI=1S/C14H8F5NO2/c15-9-5-8(6-10(16)7-9)13(21)20-11-3-1-2-4-12(11)22-14(17,18)19/h1-7H,(H,20,21). The molecule has 0 aromatic heterocycles. The first-order valence-corrected chi connectivity index (χ1v) is 5.87. The lowest BCUT2D eigenvalue weighted by Gasteiger charge is -2.13. The molecule has 0 saturated carbocycles. The number of rotatable bonds is 3. The molecule has 0 fully saturated rings. The summed E-state index contributed by atoms with van der Waals surface area (Å²) in [5, 5.41) is 2.11. The van der Waals surface area contributed by atoms with Gasteiger partial charge in [-0.2, -0.15) is 0 Å². The van der Waals surface area contributed by atoms with Crippen LogP contribution in [0.25, 0.3) is 0 Å². The van der Waals surface area contributed by atoms with E-state index in [4.69, 9.17) is 0 Å². The molecule has 0 aliphatic heterocycles. The van der Waals surface area contributed by atoms with E-state index in [9.17, 15) is 26.7 Å². The van der Waals surface area contributed by atoms with E-state index in [1.807, 2.05) is 0 Å². The Morgan fingerprint density at radius 2 is 1.59 bits per heavy atom. The maximum Gasteiger partial charge on any atom is 0.573 e. The van der Waals surface area contributed by atoms with Crippen molar-refractivity contribution in [2.75, 3.05) is 5.32 Å². The van der Waals surface area contributed by atoms with Crippen molar-refractivity contribution in [1.82, 2.24) is 0 Å². The van der Waals surface area contributed by atoms with Crippen molar-refractivity contribution in [2.24, 2.45) is 0 Å². The normalized spacial score (nSPS) is 11.1. The van der Waals surface area contributed by atoms with E-state index in [0.717, 1.165) is 24.3 Å². The molecule has 0 saturated heterocycles. The van der Waals surface area contributed by atoms with Gasteiger partial charge in [0.15, 0.2) is 5.75 Å². The fourth-order valence-corrected chi connectivity index (χ4v) is 1.66. The molecule has 0 bridgehead atoms. The minimum Gasteiger partial charge on any atom is -0.404 e. The third-order valence-electron chi connectivity index (χ3n) is 2.49. The molecule has 1 N–H and O–H groups in total. The maximum absolute atomic E-state index is 13.0. The van der Waals surface area contributed by atoms with Crippen LogP contribution in [-0.2, 0) is 0 Å². The fourth-order valence-electron chi connectivity index (χ4n) is 1.66. The molecule has 22 heavy (non-hydrogen) atoms. The van der Waals surface area contributed by atoms with Gasteiger partial charge in [0, 0.05) is 11.6 Å². The van der Waals surface area contributed by atoms with Crippen molar-refractivity contribution in [3.63, 3.8) is 0 Å². The minimum absolute atomic E-state index is 0.283. The van der Waals surface area contributed by atoms with Crippen LogP contribution in [0, 0.1) is 11.6 Å². The number of alkyl halides is 3. The first-order chi connectivity index (χ1) is 10.2. The highest BCUT2D eigenvalue weighted by Crippen LogP contribution is 2.30. The van der Waals surface area contributed by atoms with Crippen LogP contribution in [-0.4, -0.2) is 12.3 Å². The van der Waals surface area contributed by atoms with Gasteiger partial charge < -0.3 is 10.1 Å². The van der Waals surface area contributed by atoms with Gasteiger partial charge >= 0.3 is 6.36 Å². The van der Waals surface area contributed by atoms with E-state index in [1.165, 1.54) is 12.1 Å². The molecule has 2 aromatic carbocycles. The lowest BCUT2D eigenvalue weighted by molar-refractivity contribution is -0.274. The summed E-state index contributed by atoms with van der Waals surface area (Å²) in [5.41, 5.74) is -0.659. The van der Waals surface area contributed by atoms with Crippen LogP contribution < -0.4 is 10.1 Å². The Morgan fingerprint density at radius 1 is 1.00 bits per heavy atom. The number of carbonyl (C=O) groups excluding carboxylic acids is 1. The predicted octanol–water partition coefficient (Wildman–Crippen LogP) is 4.12. The lowest BCUT2D eigenvalue weighted by atomic mass is 10.2. The summed E-state index contributed by atoms with van der Waals surface area (Å²) < 4.78 is 66.6. The van der Waals surface area contributed by atoms with Crippen LogP contribution in [0.3, 0.4) is 0 Å². The topological polar surface area (TPSA) is 38.3 Å². The Labute approximate surface area is 121 Å².